The zero-order chi connectivity index (χ0) is 16.9. The highest BCUT2D eigenvalue weighted by atomic mass is 35.5. The predicted molar refractivity (Wildman–Crippen MR) is 96.4 cm³/mol. The van der Waals surface area contributed by atoms with Crippen molar-refractivity contribution in [3.8, 4) is 0 Å². The second-order valence-corrected chi connectivity index (χ2v) is 6.85. The molecule has 3 rings (SSSR count). The molecule has 126 valence electrons. The smallest absolute Gasteiger partial charge is 0.317 e. The topological polar surface area (TPSA) is 45.2 Å². The molecule has 1 heterocycles. The molecule has 1 aromatic carbocycles. The Labute approximate surface area is 151 Å². The quantitative estimate of drug-likeness (QED) is 0.831. The average molecular weight is 364 g/mol. The molecule has 1 N–H and O–H groups in total. The van der Waals surface area contributed by atoms with Crippen LogP contribution in [0.2, 0.25) is 10.0 Å². The van der Waals surface area contributed by atoms with Crippen molar-refractivity contribution in [3.05, 3.63) is 63.9 Å². The average Bonchev–Trinajstić information content (AvgIpc) is 3.37. The number of hydrogen-bond acceptors (Lipinski definition) is 2. The molecule has 1 fully saturated rings. The summed E-state index contributed by atoms with van der Waals surface area (Å²) in [5.74, 6) is 0. The van der Waals surface area contributed by atoms with Gasteiger partial charge in [-0.05, 0) is 60.7 Å². The number of pyridine rings is 1. The van der Waals surface area contributed by atoms with Crippen molar-refractivity contribution >= 4 is 29.2 Å². The third-order valence-corrected chi connectivity index (χ3v) is 4.40. The summed E-state index contributed by atoms with van der Waals surface area (Å²) >= 11 is 12.0. The Bertz CT molecular complexity index is 684. The molecule has 1 saturated carbocycles. The monoisotopic (exact) mass is 363 g/mol. The maximum Gasteiger partial charge on any atom is 0.317 e. The van der Waals surface area contributed by atoms with E-state index >= 15 is 0 Å². The van der Waals surface area contributed by atoms with Gasteiger partial charge >= 0.3 is 6.03 Å². The van der Waals surface area contributed by atoms with Crippen molar-refractivity contribution in [2.45, 2.75) is 31.8 Å². The van der Waals surface area contributed by atoms with E-state index in [4.69, 9.17) is 23.2 Å². The molecule has 1 aliphatic rings. The third kappa shape index (κ3) is 4.86. The zero-order valence-corrected chi connectivity index (χ0v) is 14.7. The lowest BCUT2D eigenvalue weighted by Gasteiger charge is -2.23. The van der Waals surface area contributed by atoms with Crippen LogP contribution in [-0.2, 0) is 13.0 Å². The van der Waals surface area contributed by atoms with E-state index in [0.717, 1.165) is 24.0 Å². The Morgan fingerprint density at radius 3 is 2.42 bits per heavy atom. The minimum absolute atomic E-state index is 0.0255. The molecule has 2 amide bonds. The Kier molecular flexibility index (Phi) is 5.59. The van der Waals surface area contributed by atoms with Gasteiger partial charge in [-0.25, -0.2) is 4.79 Å². The first-order chi connectivity index (χ1) is 11.6. The minimum Gasteiger partial charge on any atom is -0.338 e. The van der Waals surface area contributed by atoms with Gasteiger partial charge in [0.15, 0.2) is 0 Å². The molecule has 1 aliphatic carbocycles. The molecule has 0 saturated heterocycles. The van der Waals surface area contributed by atoms with E-state index in [9.17, 15) is 4.79 Å². The fraction of sp³-hybridized carbons (Fsp3) is 0.333. The van der Waals surface area contributed by atoms with Crippen molar-refractivity contribution < 1.29 is 4.79 Å². The number of nitrogens with zero attached hydrogens (tertiary/aromatic N) is 2. The van der Waals surface area contributed by atoms with Gasteiger partial charge in [0.1, 0.15) is 0 Å². The number of amides is 2. The number of benzene rings is 1. The minimum atomic E-state index is -0.0255. The van der Waals surface area contributed by atoms with Crippen molar-refractivity contribution in [3.63, 3.8) is 0 Å². The fourth-order valence-electron chi connectivity index (χ4n) is 2.61. The number of carbonyl (C=O) groups excluding carboxylic acids is 1. The maximum atomic E-state index is 12.5. The van der Waals surface area contributed by atoms with E-state index in [2.05, 4.69) is 10.3 Å². The lowest BCUT2D eigenvalue weighted by atomic mass is 10.1. The van der Waals surface area contributed by atoms with Crippen LogP contribution in [0.15, 0.2) is 42.7 Å². The van der Waals surface area contributed by atoms with E-state index < -0.39 is 0 Å². The van der Waals surface area contributed by atoms with Crippen molar-refractivity contribution in [1.82, 2.24) is 15.2 Å². The lowest BCUT2D eigenvalue weighted by molar-refractivity contribution is 0.192. The third-order valence-electron chi connectivity index (χ3n) is 3.96. The molecule has 2 aromatic rings. The fourth-order valence-corrected chi connectivity index (χ4v) is 3.18. The van der Waals surface area contributed by atoms with Crippen LogP contribution in [0.25, 0.3) is 0 Å². The summed E-state index contributed by atoms with van der Waals surface area (Å²) in [6.07, 6.45) is 6.34. The first kappa shape index (κ1) is 17.1. The Hall–Kier alpha value is -1.78. The maximum absolute atomic E-state index is 12.5. The standard InChI is InChI=1S/C18H19Cl2N3O/c19-15-9-14(10-16(20)11-15)5-8-22-18(24)23(17-1-2-17)12-13-3-6-21-7-4-13/h3-4,6-7,9-11,17H,1-2,5,8,12H2,(H,22,24). The van der Waals surface area contributed by atoms with Gasteiger partial charge in [0.05, 0.1) is 0 Å². The Morgan fingerprint density at radius 1 is 1.12 bits per heavy atom. The Balaban J connectivity index is 1.54. The van der Waals surface area contributed by atoms with Crippen LogP contribution in [-0.4, -0.2) is 28.5 Å². The van der Waals surface area contributed by atoms with Crippen LogP contribution in [0.4, 0.5) is 4.79 Å². The van der Waals surface area contributed by atoms with Gasteiger partial charge in [-0.2, -0.15) is 0 Å². The van der Waals surface area contributed by atoms with Gasteiger partial charge in [0, 0.05) is 41.6 Å². The predicted octanol–water partition coefficient (Wildman–Crippen LogP) is 4.31. The largest absolute Gasteiger partial charge is 0.338 e. The van der Waals surface area contributed by atoms with Gasteiger partial charge in [-0.15, -0.1) is 0 Å². The molecular weight excluding hydrogens is 345 g/mol. The van der Waals surface area contributed by atoms with E-state index in [1.165, 1.54) is 0 Å². The second-order valence-electron chi connectivity index (χ2n) is 5.97. The number of carbonyl (C=O) groups is 1. The van der Waals surface area contributed by atoms with Crippen LogP contribution in [0, 0.1) is 0 Å². The second kappa shape index (κ2) is 7.86. The molecule has 0 spiro atoms. The summed E-state index contributed by atoms with van der Waals surface area (Å²) in [7, 11) is 0. The highest BCUT2D eigenvalue weighted by Crippen LogP contribution is 2.28. The summed E-state index contributed by atoms with van der Waals surface area (Å²) in [5, 5.41) is 4.22. The molecule has 24 heavy (non-hydrogen) atoms. The summed E-state index contributed by atoms with van der Waals surface area (Å²) in [5.41, 5.74) is 2.11. The number of rotatable bonds is 6. The first-order valence-corrected chi connectivity index (χ1v) is 8.76. The van der Waals surface area contributed by atoms with Crippen LogP contribution in [0.5, 0.6) is 0 Å². The SMILES string of the molecule is O=C(NCCc1cc(Cl)cc(Cl)c1)N(Cc1ccncc1)C1CC1. The molecular formula is C18H19Cl2N3O. The molecule has 0 unspecified atom stereocenters. The van der Waals surface area contributed by atoms with Crippen LogP contribution in [0.1, 0.15) is 24.0 Å². The summed E-state index contributed by atoms with van der Waals surface area (Å²) in [4.78, 5) is 18.4. The zero-order valence-electron chi connectivity index (χ0n) is 13.2. The number of hydrogen-bond donors (Lipinski definition) is 1. The highest BCUT2D eigenvalue weighted by Gasteiger charge is 2.32. The molecule has 0 bridgehead atoms. The van der Waals surface area contributed by atoms with E-state index in [1.54, 1.807) is 18.5 Å². The molecule has 6 heteroatoms. The van der Waals surface area contributed by atoms with Gasteiger partial charge in [0.2, 0.25) is 0 Å². The van der Waals surface area contributed by atoms with Crippen LogP contribution < -0.4 is 5.32 Å². The lowest BCUT2D eigenvalue weighted by Crippen LogP contribution is -2.41. The van der Waals surface area contributed by atoms with Gasteiger partial charge in [-0.1, -0.05) is 23.2 Å². The number of aromatic nitrogens is 1. The summed E-state index contributed by atoms with van der Waals surface area (Å²) < 4.78 is 0. The van der Waals surface area contributed by atoms with E-state index in [1.807, 2.05) is 29.2 Å². The molecule has 0 radical (unpaired) electrons. The first-order valence-electron chi connectivity index (χ1n) is 8.00. The molecule has 4 nitrogen and oxygen atoms in total. The Morgan fingerprint density at radius 2 is 1.79 bits per heavy atom. The van der Waals surface area contributed by atoms with Crippen molar-refractivity contribution in [1.29, 1.82) is 0 Å². The van der Waals surface area contributed by atoms with Gasteiger partial charge in [0.25, 0.3) is 0 Å². The molecule has 0 aliphatic heterocycles. The molecule has 1 aromatic heterocycles. The number of halogens is 2. The van der Waals surface area contributed by atoms with E-state index in [0.29, 0.717) is 35.6 Å². The normalized spacial score (nSPS) is 13.6. The van der Waals surface area contributed by atoms with Crippen molar-refractivity contribution in [2.24, 2.45) is 0 Å². The van der Waals surface area contributed by atoms with Gasteiger partial charge in [-0.3, -0.25) is 4.98 Å². The van der Waals surface area contributed by atoms with Crippen molar-refractivity contribution in [2.75, 3.05) is 6.54 Å². The van der Waals surface area contributed by atoms with E-state index in [-0.39, 0.29) is 6.03 Å². The summed E-state index contributed by atoms with van der Waals surface area (Å²) in [6.45, 7) is 1.16. The van der Waals surface area contributed by atoms with Crippen LogP contribution in [0.3, 0.4) is 0 Å². The van der Waals surface area contributed by atoms with Gasteiger partial charge < -0.3 is 10.2 Å². The summed E-state index contributed by atoms with van der Waals surface area (Å²) in [6, 6.07) is 9.65. The number of urea groups is 1. The molecule has 0 atom stereocenters. The highest BCUT2D eigenvalue weighted by molar-refractivity contribution is 6.34. The number of nitrogens with one attached hydrogen (secondary N) is 1. The van der Waals surface area contributed by atoms with Crippen LogP contribution >= 0.6 is 23.2 Å².